The molecule has 0 heterocycles. The number of carbonyl (C=O) groups is 1. The number of allylic oxidation sites excluding steroid dienone is 2. The normalized spacial score (nSPS) is 13.6. The van der Waals surface area contributed by atoms with Crippen molar-refractivity contribution in [3.63, 3.8) is 0 Å². The van der Waals surface area contributed by atoms with Crippen LogP contribution in [0.5, 0.6) is 0 Å². The van der Waals surface area contributed by atoms with E-state index in [1.54, 1.807) is 6.92 Å². The van der Waals surface area contributed by atoms with Crippen LogP contribution in [0.4, 0.5) is 0 Å². The maximum absolute atomic E-state index is 9.44. The summed E-state index contributed by atoms with van der Waals surface area (Å²) in [4.78, 5) is 9.00. The van der Waals surface area contributed by atoms with Gasteiger partial charge in [-0.05, 0) is 20.3 Å². The van der Waals surface area contributed by atoms with Crippen LogP contribution in [0.25, 0.3) is 0 Å². The van der Waals surface area contributed by atoms with Gasteiger partial charge in [-0.3, -0.25) is 4.79 Å². The molecular weight excluding hydrogens is 192 g/mol. The molecule has 0 amide bonds. The molecule has 0 spiro atoms. The first-order valence-corrected chi connectivity index (χ1v) is 4.59. The van der Waals surface area contributed by atoms with Gasteiger partial charge in [0.2, 0.25) is 0 Å². The summed E-state index contributed by atoms with van der Waals surface area (Å²) in [5, 5.41) is 16.9. The Morgan fingerprint density at radius 2 is 1.87 bits per heavy atom. The van der Waals surface area contributed by atoms with Crippen molar-refractivity contribution in [2.24, 2.45) is 0 Å². The van der Waals surface area contributed by atoms with Crippen molar-refractivity contribution in [3.8, 4) is 0 Å². The molecule has 0 aliphatic carbocycles. The predicted octanol–water partition coefficient (Wildman–Crippen LogP) is 2.54. The highest BCUT2D eigenvalue weighted by Gasteiger charge is 2.11. The van der Waals surface area contributed by atoms with Crippen molar-refractivity contribution in [2.45, 2.75) is 32.8 Å². The Balaban J connectivity index is 0. The summed E-state index contributed by atoms with van der Waals surface area (Å²) >= 11 is 0. The fourth-order valence-corrected chi connectivity index (χ4v) is 0.582. The van der Waals surface area contributed by atoms with Crippen molar-refractivity contribution >= 4 is 5.97 Å². The van der Waals surface area contributed by atoms with Gasteiger partial charge in [0.05, 0.1) is 5.60 Å². The summed E-state index contributed by atoms with van der Waals surface area (Å²) in [6.07, 6.45) is 5.90. The van der Waals surface area contributed by atoms with Crippen LogP contribution in [0.15, 0.2) is 37.0 Å². The van der Waals surface area contributed by atoms with E-state index in [1.807, 2.05) is 19.1 Å². The van der Waals surface area contributed by atoms with Gasteiger partial charge >= 0.3 is 0 Å². The fourth-order valence-electron chi connectivity index (χ4n) is 0.582. The molecule has 0 aromatic carbocycles. The SMILES string of the molecule is C=CC(C)(O)CC=CC(=C)C.CC(=O)O. The van der Waals surface area contributed by atoms with Gasteiger partial charge in [-0.15, -0.1) is 6.58 Å². The molecule has 0 aromatic heterocycles. The van der Waals surface area contributed by atoms with Gasteiger partial charge in [-0.25, -0.2) is 0 Å². The molecule has 0 aliphatic heterocycles. The number of rotatable bonds is 4. The third-order valence-corrected chi connectivity index (χ3v) is 1.37. The van der Waals surface area contributed by atoms with Gasteiger partial charge < -0.3 is 10.2 Å². The lowest BCUT2D eigenvalue weighted by atomic mass is 10.0. The molecule has 1 atom stereocenters. The van der Waals surface area contributed by atoms with Crippen LogP contribution in [-0.2, 0) is 4.79 Å². The molecule has 1 unspecified atom stereocenters. The Morgan fingerprint density at radius 1 is 1.47 bits per heavy atom. The largest absolute Gasteiger partial charge is 0.481 e. The third-order valence-electron chi connectivity index (χ3n) is 1.37. The second-order valence-electron chi connectivity index (χ2n) is 3.53. The van der Waals surface area contributed by atoms with Crippen LogP contribution in [0, 0.1) is 0 Å². The highest BCUT2D eigenvalue weighted by atomic mass is 16.4. The van der Waals surface area contributed by atoms with Crippen molar-refractivity contribution in [2.75, 3.05) is 0 Å². The third kappa shape index (κ3) is 19.2. The van der Waals surface area contributed by atoms with E-state index < -0.39 is 11.6 Å². The van der Waals surface area contributed by atoms with Crippen molar-refractivity contribution in [1.29, 1.82) is 0 Å². The standard InChI is InChI=1S/C10H16O.C2H4O2/c1-5-10(4,11)8-6-7-9(2)3;1-2(3)4/h5-7,11H,1-2,8H2,3-4H3;1H3,(H,3,4). The number of carboxylic acids is 1. The van der Waals surface area contributed by atoms with Gasteiger partial charge in [0.1, 0.15) is 0 Å². The first-order valence-electron chi connectivity index (χ1n) is 4.59. The highest BCUT2D eigenvalue weighted by Crippen LogP contribution is 2.10. The molecule has 2 N–H and O–H groups in total. The van der Waals surface area contributed by atoms with E-state index in [0.717, 1.165) is 12.5 Å². The van der Waals surface area contributed by atoms with Crippen LogP contribution >= 0.6 is 0 Å². The monoisotopic (exact) mass is 212 g/mol. The first kappa shape index (κ1) is 16.1. The maximum atomic E-state index is 9.44. The summed E-state index contributed by atoms with van der Waals surface area (Å²) < 4.78 is 0. The van der Waals surface area contributed by atoms with Crippen LogP contribution in [-0.4, -0.2) is 21.8 Å². The van der Waals surface area contributed by atoms with Crippen LogP contribution in [0.1, 0.15) is 27.2 Å². The smallest absolute Gasteiger partial charge is 0.300 e. The fraction of sp³-hybridized carbons (Fsp3) is 0.417. The number of hydrogen-bond acceptors (Lipinski definition) is 2. The summed E-state index contributed by atoms with van der Waals surface area (Å²) in [5.74, 6) is -0.833. The Hall–Kier alpha value is -1.35. The lowest BCUT2D eigenvalue weighted by molar-refractivity contribution is -0.134. The van der Waals surface area contributed by atoms with Crippen molar-refractivity contribution in [1.82, 2.24) is 0 Å². The predicted molar refractivity (Wildman–Crippen MR) is 62.7 cm³/mol. The minimum Gasteiger partial charge on any atom is -0.481 e. The van der Waals surface area contributed by atoms with Crippen LogP contribution in [0.2, 0.25) is 0 Å². The van der Waals surface area contributed by atoms with Gasteiger partial charge in [-0.1, -0.05) is 30.4 Å². The molecule has 0 aromatic rings. The van der Waals surface area contributed by atoms with E-state index in [9.17, 15) is 5.11 Å². The van der Waals surface area contributed by atoms with Crippen molar-refractivity contribution in [3.05, 3.63) is 37.0 Å². The van der Waals surface area contributed by atoms with Gasteiger partial charge in [0.15, 0.2) is 0 Å². The summed E-state index contributed by atoms with van der Waals surface area (Å²) in [6, 6.07) is 0. The molecule has 0 saturated carbocycles. The zero-order valence-corrected chi connectivity index (χ0v) is 9.66. The molecular formula is C12H20O3. The Morgan fingerprint density at radius 3 is 2.13 bits per heavy atom. The molecule has 0 rings (SSSR count). The molecule has 3 nitrogen and oxygen atoms in total. The molecule has 3 heteroatoms. The summed E-state index contributed by atoms with van der Waals surface area (Å²) in [7, 11) is 0. The quantitative estimate of drug-likeness (QED) is 0.556. The van der Waals surface area contributed by atoms with E-state index >= 15 is 0 Å². The Bertz CT molecular complexity index is 246. The van der Waals surface area contributed by atoms with Gasteiger partial charge in [0, 0.05) is 6.92 Å². The number of aliphatic hydroxyl groups is 1. The summed E-state index contributed by atoms with van der Waals surface area (Å²) in [5.41, 5.74) is 0.205. The molecule has 0 aliphatic rings. The topological polar surface area (TPSA) is 57.5 Å². The van der Waals surface area contributed by atoms with E-state index in [2.05, 4.69) is 13.2 Å². The average Bonchev–Trinajstić information content (AvgIpc) is 2.02. The second kappa shape index (κ2) is 8.00. The zero-order chi connectivity index (χ0) is 12.5. The minimum absolute atomic E-state index is 0.587. The first-order chi connectivity index (χ1) is 6.71. The Labute approximate surface area is 91.4 Å². The van der Waals surface area contributed by atoms with Crippen LogP contribution in [0.3, 0.4) is 0 Å². The molecule has 0 bridgehead atoms. The average molecular weight is 212 g/mol. The lowest BCUT2D eigenvalue weighted by Crippen LogP contribution is -2.18. The Kier molecular flexibility index (Phi) is 8.58. The molecule has 0 radical (unpaired) electrons. The second-order valence-corrected chi connectivity index (χ2v) is 3.53. The maximum Gasteiger partial charge on any atom is 0.300 e. The zero-order valence-electron chi connectivity index (χ0n) is 9.66. The number of aliphatic carboxylic acids is 1. The van der Waals surface area contributed by atoms with Crippen LogP contribution < -0.4 is 0 Å². The van der Waals surface area contributed by atoms with Gasteiger partial charge in [0.25, 0.3) is 5.97 Å². The van der Waals surface area contributed by atoms with E-state index in [-0.39, 0.29) is 0 Å². The van der Waals surface area contributed by atoms with E-state index in [4.69, 9.17) is 9.90 Å². The lowest BCUT2D eigenvalue weighted by Gasteiger charge is -2.14. The minimum atomic E-state index is -0.833. The van der Waals surface area contributed by atoms with E-state index in [1.165, 1.54) is 6.08 Å². The van der Waals surface area contributed by atoms with E-state index in [0.29, 0.717) is 6.42 Å². The molecule has 0 fully saturated rings. The van der Waals surface area contributed by atoms with Crippen molar-refractivity contribution < 1.29 is 15.0 Å². The number of carboxylic acid groups (broad SMARTS) is 1. The number of hydrogen-bond donors (Lipinski definition) is 2. The summed E-state index contributed by atoms with van der Waals surface area (Å²) in [6.45, 7) is 12.0. The molecule has 86 valence electrons. The molecule has 0 saturated heterocycles. The van der Waals surface area contributed by atoms with Gasteiger partial charge in [-0.2, -0.15) is 0 Å². The highest BCUT2D eigenvalue weighted by molar-refractivity contribution is 5.62. The molecule has 15 heavy (non-hydrogen) atoms.